The third-order valence-corrected chi connectivity index (χ3v) is 4.64. The molecule has 12 heteroatoms. The molecule has 0 bridgehead atoms. The Balaban J connectivity index is 0.00000320. The number of aliphatic hydroxyl groups excluding tert-OH is 1. The Morgan fingerprint density at radius 3 is 2.80 bits per heavy atom. The quantitative estimate of drug-likeness (QED) is 0.336. The molecule has 3 rings (SSSR count). The third kappa shape index (κ3) is 5.33. The molecule has 2 heterocycles. The highest BCUT2D eigenvalue weighted by molar-refractivity contribution is 5.85. The molecule has 1 aromatic heterocycles. The van der Waals surface area contributed by atoms with Crippen molar-refractivity contribution in [3.63, 3.8) is 0 Å². The predicted octanol–water partition coefficient (Wildman–Crippen LogP) is 3.36. The zero-order valence-corrected chi connectivity index (χ0v) is 16.8. The average molecular weight is 450 g/mol. The molecular formula is C18H23ClF3N5O3. The average Bonchev–Trinajstić information content (AvgIpc) is 3.33. The van der Waals surface area contributed by atoms with E-state index in [1.165, 1.54) is 12.1 Å². The van der Waals surface area contributed by atoms with E-state index >= 15 is 0 Å². The van der Waals surface area contributed by atoms with Crippen molar-refractivity contribution in [1.82, 2.24) is 15.0 Å². The monoisotopic (exact) mass is 449 g/mol. The maximum absolute atomic E-state index is 13.5. The molecule has 166 valence electrons. The van der Waals surface area contributed by atoms with Gasteiger partial charge in [-0.15, -0.1) is 12.4 Å². The van der Waals surface area contributed by atoms with Gasteiger partial charge in [-0.05, 0) is 43.9 Å². The molecule has 1 fully saturated rings. The Morgan fingerprint density at radius 2 is 2.13 bits per heavy atom. The molecule has 0 saturated carbocycles. The lowest BCUT2D eigenvalue weighted by Crippen LogP contribution is -2.35. The van der Waals surface area contributed by atoms with E-state index in [0.717, 1.165) is 12.5 Å². The molecule has 1 aliphatic heterocycles. The molecule has 1 aromatic carbocycles. The number of hydrogen-bond acceptors (Lipinski definition) is 6. The Labute approximate surface area is 177 Å². The van der Waals surface area contributed by atoms with Gasteiger partial charge in [-0.3, -0.25) is 5.41 Å². The number of halogens is 4. The lowest BCUT2D eigenvalue weighted by Gasteiger charge is -2.21. The predicted molar refractivity (Wildman–Crippen MR) is 104 cm³/mol. The first-order valence-corrected chi connectivity index (χ1v) is 9.21. The van der Waals surface area contributed by atoms with Crippen molar-refractivity contribution >= 4 is 18.4 Å². The molecule has 4 N–H and O–H groups in total. The van der Waals surface area contributed by atoms with Crippen molar-refractivity contribution in [3.05, 3.63) is 29.7 Å². The number of aliphatic hydroxyl groups is 1. The zero-order chi connectivity index (χ0) is 21.0. The van der Waals surface area contributed by atoms with E-state index in [2.05, 4.69) is 10.1 Å². The number of alkyl halides is 3. The molecule has 30 heavy (non-hydrogen) atoms. The van der Waals surface area contributed by atoms with Crippen molar-refractivity contribution in [1.29, 1.82) is 5.41 Å². The summed E-state index contributed by atoms with van der Waals surface area (Å²) in [4.78, 5) is 5.84. The van der Waals surface area contributed by atoms with E-state index in [9.17, 15) is 13.2 Å². The van der Waals surface area contributed by atoms with Gasteiger partial charge >= 0.3 is 6.18 Å². The maximum Gasteiger partial charge on any atom is 0.419 e. The van der Waals surface area contributed by atoms with Gasteiger partial charge < -0.3 is 25.0 Å². The minimum atomic E-state index is -4.62. The van der Waals surface area contributed by atoms with Crippen LogP contribution in [0.5, 0.6) is 5.75 Å². The van der Waals surface area contributed by atoms with E-state index in [0.29, 0.717) is 25.8 Å². The second-order valence-corrected chi connectivity index (χ2v) is 6.68. The van der Waals surface area contributed by atoms with Crippen LogP contribution in [0.3, 0.4) is 0 Å². The number of nitrogens with zero attached hydrogens (tertiary/aromatic N) is 3. The van der Waals surface area contributed by atoms with Gasteiger partial charge in [-0.2, -0.15) is 18.2 Å². The summed E-state index contributed by atoms with van der Waals surface area (Å²) in [5.74, 6) is -0.172. The van der Waals surface area contributed by atoms with Crippen LogP contribution >= 0.6 is 12.4 Å². The smallest absolute Gasteiger partial charge is 0.419 e. The van der Waals surface area contributed by atoms with Crippen molar-refractivity contribution in [2.45, 2.75) is 37.9 Å². The molecule has 8 nitrogen and oxygen atoms in total. The summed E-state index contributed by atoms with van der Waals surface area (Å²) in [6, 6.07) is 3.23. The highest BCUT2D eigenvalue weighted by atomic mass is 35.5. The highest BCUT2D eigenvalue weighted by Gasteiger charge is 2.36. The van der Waals surface area contributed by atoms with Crippen LogP contribution in [0.15, 0.2) is 22.7 Å². The molecule has 1 unspecified atom stereocenters. The molecule has 0 aliphatic carbocycles. The Bertz CT molecular complexity index is 862. The summed E-state index contributed by atoms with van der Waals surface area (Å²) in [6.45, 7) is 0.604. The van der Waals surface area contributed by atoms with Crippen molar-refractivity contribution in [2.75, 3.05) is 19.8 Å². The zero-order valence-electron chi connectivity index (χ0n) is 16.0. The standard InChI is InChI=1S/C18H22F3N5O3.ClH/c19-18(20,21)12-10-11(5-6-14(12)28-9-2-1-8-27)15-24-16(29-25-15)13-4-3-7-26(13)17(22)23;/h5-6,10,13,27H,1-4,7-9H2,(H3,22,23);1H. The summed E-state index contributed by atoms with van der Waals surface area (Å²) >= 11 is 0. The number of hydrogen-bond donors (Lipinski definition) is 3. The Morgan fingerprint density at radius 1 is 1.37 bits per heavy atom. The minimum absolute atomic E-state index is 0. The molecule has 1 aliphatic rings. The molecule has 0 spiro atoms. The Kier molecular flexibility index (Phi) is 7.90. The summed E-state index contributed by atoms with van der Waals surface area (Å²) in [5, 5.41) is 20.2. The molecule has 0 radical (unpaired) electrons. The van der Waals surface area contributed by atoms with Crippen molar-refractivity contribution < 1.29 is 27.5 Å². The number of likely N-dealkylation sites (tertiary alicyclic amines) is 1. The first-order chi connectivity index (χ1) is 13.8. The maximum atomic E-state index is 13.5. The first kappa shape index (κ1) is 23.7. The fraction of sp³-hybridized carbons (Fsp3) is 0.500. The SMILES string of the molecule is Cl.N=C(N)N1CCCC1c1nc(-c2ccc(OCCCCO)c(C(F)(F)F)c2)no1. The Hall–Kier alpha value is -2.53. The largest absolute Gasteiger partial charge is 0.493 e. The first-order valence-electron chi connectivity index (χ1n) is 9.21. The summed E-state index contributed by atoms with van der Waals surface area (Å²) in [6.07, 6.45) is -2.27. The number of unbranched alkanes of at least 4 members (excludes halogenated alkanes) is 1. The van der Waals surface area contributed by atoms with Crippen LogP contribution in [-0.4, -0.2) is 45.9 Å². The van der Waals surface area contributed by atoms with Gasteiger partial charge in [0, 0.05) is 18.7 Å². The van der Waals surface area contributed by atoms with Crippen LogP contribution < -0.4 is 10.5 Å². The second-order valence-electron chi connectivity index (χ2n) is 6.68. The van der Waals surface area contributed by atoms with Crippen LogP contribution in [0.4, 0.5) is 13.2 Å². The van der Waals surface area contributed by atoms with Crippen LogP contribution in [0.1, 0.15) is 43.2 Å². The number of guanidine groups is 1. The summed E-state index contributed by atoms with van der Waals surface area (Å²) < 4.78 is 50.9. The number of ether oxygens (including phenoxy) is 1. The summed E-state index contributed by atoms with van der Waals surface area (Å²) in [7, 11) is 0. The van der Waals surface area contributed by atoms with E-state index in [-0.39, 0.29) is 60.7 Å². The molecule has 0 amide bonds. The second kappa shape index (κ2) is 9.98. The van der Waals surface area contributed by atoms with Crippen molar-refractivity contribution in [3.8, 4) is 17.1 Å². The molecule has 1 saturated heterocycles. The fourth-order valence-electron chi connectivity index (χ4n) is 3.21. The molecule has 2 aromatic rings. The van der Waals surface area contributed by atoms with Gasteiger partial charge in [0.2, 0.25) is 11.7 Å². The lowest BCUT2D eigenvalue weighted by atomic mass is 10.1. The van der Waals surface area contributed by atoms with E-state index < -0.39 is 11.7 Å². The van der Waals surface area contributed by atoms with Gasteiger partial charge in [-0.1, -0.05) is 5.16 Å². The van der Waals surface area contributed by atoms with E-state index in [4.69, 9.17) is 25.5 Å². The number of nitrogens with two attached hydrogens (primary N) is 1. The van der Waals surface area contributed by atoms with Gasteiger partial charge in [-0.25, -0.2) is 0 Å². The minimum Gasteiger partial charge on any atom is -0.493 e. The van der Waals surface area contributed by atoms with Crippen LogP contribution in [-0.2, 0) is 6.18 Å². The van der Waals surface area contributed by atoms with E-state index in [1.807, 2.05) is 0 Å². The molecule has 1 atom stereocenters. The number of benzene rings is 1. The number of rotatable bonds is 7. The molecular weight excluding hydrogens is 427 g/mol. The van der Waals surface area contributed by atoms with Crippen molar-refractivity contribution in [2.24, 2.45) is 5.73 Å². The fourth-order valence-corrected chi connectivity index (χ4v) is 3.21. The van der Waals surface area contributed by atoms with Crippen LogP contribution in [0.25, 0.3) is 11.4 Å². The van der Waals surface area contributed by atoms with Gasteiger partial charge in [0.15, 0.2) is 5.96 Å². The van der Waals surface area contributed by atoms with E-state index in [1.54, 1.807) is 4.90 Å². The van der Waals surface area contributed by atoms with Gasteiger partial charge in [0.1, 0.15) is 11.8 Å². The topological polar surface area (TPSA) is 121 Å². The van der Waals surface area contributed by atoms with Crippen LogP contribution in [0.2, 0.25) is 0 Å². The lowest BCUT2D eigenvalue weighted by molar-refractivity contribution is -0.138. The number of aromatic nitrogens is 2. The third-order valence-electron chi connectivity index (χ3n) is 4.64. The normalized spacial score (nSPS) is 16.4. The van der Waals surface area contributed by atoms with Gasteiger partial charge in [0.25, 0.3) is 0 Å². The summed E-state index contributed by atoms with van der Waals surface area (Å²) in [5.41, 5.74) is 4.76. The van der Waals surface area contributed by atoms with Gasteiger partial charge in [0.05, 0.1) is 12.2 Å². The highest BCUT2D eigenvalue weighted by Crippen LogP contribution is 2.39. The van der Waals surface area contributed by atoms with Crippen LogP contribution in [0, 0.1) is 5.41 Å². The number of nitrogens with one attached hydrogen (secondary N) is 1.